The standard InChI is InChI=1S/C11H12ClF2NO2.ClH/c1-2-17-11(16)9(14)10(15)6-3-4-8(13)7(12)5-6;/h3-5,9-10H,2,15H2,1H3;1H/t9?,10-;/m1./s1. The first-order valence-electron chi connectivity index (χ1n) is 4.98. The summed E-state index contributed by atoms with van der Waals surface area (Å²) >= 11 is 5.53. The highest BCUT2D eigenvalue weighted by Gasteiger charge is 2.28. The van der Waals surface area contributed by atoms with Crippen LogP contribution in [0.1, 0.15) is 18.5 Å². The zero-order valence-corrected chi connectivity index (χ0v) is 11.1. The lowest BCUT2D eigenvalue weighted by Gasteiger charge is -2.16. The molecule has 1 rings (SSSR count). The van der Waals surface area contributed by atoms with Crippen molar-refractivity contribution in [3.05, 3.63) is 34.6 Å². The van der Waals surface area contributed by atoms with Crippen LogP contribution < -0.4 is 5.73 Å². The Hall–Kier alpha value is -0.910. The fourth-order valence-corrected chi connectivity index (χ4v) is 1.45. The predicted molar refractivity (Wildman–Crippen MR) is 67.1 cm³/mol. The summed E-state index contributed by atoms with van der Waals surface area (Å²) in [5.41, 5.74) is 5.77. The Morgan fingerprint density at radius 2 is 2.17 bits per heavy atom. The topological polar surface area (TPSA) is 52.3 Å². The number of alkyl halides is 1. The predicted octanol–water partition coefficient (Wildman–Crippen LogP) is 2.80. The van der Waals surface area contributed by atoms with Gasteiger partial charge in [0, 0.05) is 0 Å². The van der Waals surface area contributed by atoms with Gasteiger partial charge in [-0.3, -0.25) is 0 Å². The van der Waals surface area contributed by atoms with Crippen molar-refractivity contribution < 1.29 is 18.3 Å². The zero-order valence-electron chi connectivity index (χ0n) is 9.53. The second kappa shape index (κ2) is 7.51. The number of nitrogens with two attached hydrogens (primary N) is 1. The molecule has 2 atom stereocenters. The van der Waals surface area contributed by atoms with Crippen LogP contribution in [0.2, 0.25) is 5.02 Å². The monoisotopic (exact) mass is 299 g/mol. The van der Waals surface area contributed by atoms with Gasteiger partial charge in [0.25, 0.3) is 0 Å². The zero-order chi connectivity index (χ0) is 13.0. The van der Waals surface area contributed by atoms with Gasteiger partial charge < -0.3 is 10.5 Å². The highest BCUT2D eigenvalue weighted by molar-refractivity contribution is 6.30. The Labute approximate surface area is 115 Å². The van der Waals surface area contributed by atoms with E-state index in [0.29, 0.717) is 0 Å². The Morgan fingerprint density at radius 1 is 1.56 bits per heavy atom. The molecule has 3 nitrogen and oxygen atoms in total. The van der Waals surface area contributed by atoms with Crippen LogP contribution in [0.3, 0.4) is 0 Å². The van der Waals surface area contributed by atoms with Crippen LogP contribution in [0.25, 0.3) is 0 Å². The lowest BCUT2D eigenvalue weighted by molar-refractivity contribution is -0.149. The third kappa shape index (κ3) is 4.08. The third-order valence-electron chi connectivity index (χ3n) is 2.16. The van der Waals surface area contributed by atoms with E-state index in [1.807, 2.05) is 0 Å². The summed E-state index contributed by atoms with van der Waals surface area (Å²) in [4.78, 5) is 11.1. The molecule has 0 spiro atoms. The van der Waals surface area contributed by atoms with Crippen molar-refractivity contribution >= 4 is 30.0 Å². The number of carbonyl (C=O) groups excluding carboxylic acids is 1. The molecule has 0 radical (unpaired) electrons. The summed E-state index contributed by atoms with van der Waals surface area (Å²) in [5, 5.41) is -0.172. The average Bonchev–Trinajstić information content (AvgIpc) is 2.31. The van der Waals surface area contributed by atoms with Gasteiger partial charge in [0.2, 0.25) is 6.17 Å². The van der Waals surface area contributed by atoms with Crippen LogP contribution in [0.5, 0.6) is 0 Å². The molecule has 18 heavy (non-hydrogen) atoms. The van der Waals surface area contributed by atoms with Crippen molar-refractivity contribution in [2.75, 3.05) is 6.61 Å². The SMILES string of the molecule is CCOC(=O)C(F)[C@H](N)c1ccc(F)c(Cl)c1.Cl. The van der Waals surface area contributed by atoms with Gasteiger partial charge in [0.15, 0.2) is 0 Å². The van der Waals surface area contributed by atoms with Crippen LogP contribution >= 0.6 is 24.0 Å². The second-order valence-corrected chi connectivity index (χ2v) is 3.76. The van der Waals surface area contributed by atoms with Crippen molar-refractivity contribution in [2.45, 2.75) is 19.1 Å². The summed E-state index contributed by atoms with van der Waals surface area (Å²) < 4.78 is 30.9. The fourth-order valence-electron chi connectivity index (χ4n) is 1.26. The van der Waals surface area contributed by atoms with E-state index in [1.165, 1.54) is 12.1 Å². The number of hydrogen-bond acceptors (Lipinski definition) is 3. The van der Waals surface area contributed by atoms with Gasteiger partial charge in [0.1, 0.15) is 5.82 Å². The van der Waals surface area contributed by atoms with E-state index < -0.39 is 24.0 Å². The molecule has 0 aromatic heterocycles. The van der Waals surface area contributed by atoms with E-state index in [2.05, 4.69) is 4.74 Å². The quantitative estimate of drug-likeness (QED) is 0.870. The maximum atomic E-state index is 13.6. The van der Waals surface area contributed by atoms with Gasteiger partial charge in [-0.15, -0.1) is 12.4 Å². The van der Waals surface area contributed by atoms with Crippen molar-refractivity contribution in [2.24, 2.45) is 5.73 Å². The Morgan fingerprint density at radius 3 is 2.67 bits per heavy atom. The molecule has 0 fully saturated rings. The molecule has 0 heterocycles. The molecule has 0 aliphatic carbocycles. The molecule has 2 N–H and O–H groups in total. The largest absolute Gasteiger partial charge is 0.464 e. The van der Waals surface area contributed by atoms with Crippen molar-refractivity contribution in [3.8, 4) is 0 Å². The average molecular weight is 300 g/mol. The van der Waals surface area contributed by atoms with Crippen molar-refractivity contribution in [3.63, 3.8) is 0 Å². The van der Waals surface area contributed by atoms with Gasteiger partial charge in [-0.25, -0.2) is 13.6 Å². The maximum absolute atomic E-state index is 13.6. The van der Waals surface area contributed by atoms with Gasteiger partial charge in [-0.1, -0.05) is 17.7 Å². The van der Waals surface area contributed by atoms with Gasteiger partial charge in [-0.05, 0) is 24.6 Å². The number of ether oxygens (including phenoxy) is 1. The normalized spacial score (nSPS) is 13.4. The smallest absolute Gasteiger partial charge is 0.342 e. The molecule has 0 amide bonds. The van der Waals surface area contributed by atoms with Crippen LogP contribution in [0.4, 0.5) is 8.78 Å². The van der Waals surface area contributed by atoms with Crippen LogP contribution in [-0.2, 0) is 9.53 Å². The lowest BCUT2D eigenvalue weighted by atomic mass is 10.0. The molecule has 7 heteroatoms. The van der Waals surface area contributed by atoms with Crippen LogP contribution in [-0.4, -0.2) is 18.7 Å². The molecule has 1 aromatic rings. The minimum absolute atomic E-state index is 0. The van der Waals surface area contributed by atoms with Crippen LogP contribution in [0.15, 0.2) is 18.2 Å². The fraction of sp³-hybridized carbons (Fsp3) is 0.364. The lowest BCUT2D eigenvalue weighted by Crippen LogP contribution is -2.31. The molecule has 1 unspecified atom stereocenters. The summed E-state index contributed by atoms with van der Waals surface area (Å²) in [6, 6.07) is 2.30. The van der Waals surface area contributed by atoms with E-state index in [-0.39, 0.29) is 29.6 Å². The number of rotatable bonds is 4. The number of halogens is 4. The van der Waals surface area contributed by atoms with E-state index in [4.69, 9.17) is 17.3 Å². The van der Waals surface area contributed by atoms with Crippen LogP contribution in [0, 0.1) is 5.82 Å². The summed E-state index contributed by atoms with van der Waals surface area (Å²) in [7, 11) is 0. The maximum Gasteiger partial charge on any atom is 0.342 e. The first-order chi connectivity index (χ1) is 7.97. The molecule has 0 aliphatic heterocycles. The minimum atomic E-state index is -2.00. The molecule has 0 bridgehead atoms. The first kappa shape index (κ1) is 17.1. The highest BCUT2D eigenvalue weighted by atomic mass is 35.5. The minimum Gasteiger partial charge on any atom is -0.464 e. The van der Waals surface area contributed by atoms with Gasteiger partial charge in [0.05, 0.1) is 17.7 Å². The van der Waals surface area contributed by atoms with Crippen molar-refractivity contribution in [1.29, 1.82) is 0 Å². The van der Waals surface area contributed by atoms with Crippen molar-refractivity contribution in [1.82, 2.24) is 0 Å². The number of esters is 1. The summed E-state index contributed by atoms with van der Waals surface area (Å²) in [5.74, 6) is -1.67. The Kier molecular flexibility index (Phi) is 7.13. The van der Waals surface area contributed by atoms with Gasteiger partial charge >= 0.3 is 5.97 Å². The first-order valence-corrected chi connectivity index (χ1v) is 5.36. The van der Waals surface area contributed by atoms with Gasteiger partial charge in [-0.2, -0.15) is 0 Å². The van der Waals surface area contributed by atoms with E-state index in [9.17, 15) is 13.6 Å². The molecule has 0 aliphatic rings. The molecule has 0 saturated carbocycles. The molecule has 0 saturated heterocycles. The molecule has 1 aromatic carbocycles. The molecular weight excluding hydrogens is 287 g/mol. The molecule has 102 valence electrons. The Balaban J connectivity index is 0.00000289. The van der Waals surface area contributed by atoms with E-state index >= 15 is 0 Å². The summed E-state index contributed by atoms with van der Waals surface area (Å²) in [6.07, 6.45) is -2.00. The second-order valence-electron chi connectivity index (χ2n) is 3.35. The summed E-state index contributed by atoms with van der Waals surface area (Å²) in [6.45, 7) is 1.63. The highest BCUT2D eigenvalue weighted by Crippen LogP contribution is 2.23. The number of benzene rings is 1. The number of carbonyl (C=O) groups is 1. The Bertz CT molecular complexity index is 418. The molecular formula is C11H13Cl2F2NO2. The van der Waals surface area contributed by atoms with E-state index in [0.717, 1.165) is 6.07 Å². The third-order valence-corrected chi connectivity index (χ3v) is 2.45. The number of hydrogen-bond donors (Lipinski definition) is 1. The van der Waals surface area contributed by atoms with E-state index in [1.54, 1.807) is 6.92 Å².